The Hall–Kier alpha value is -3.20. The molecular weight excluding hydrogens is 394 g/mol. The lowest BCUT2D eigenvalue weighted by molar-refractivity contribution is -0.126. The van der Waals surface area contributed by atoms with E-state index in [0.29, 0.717) is 12.4 Å². The summed E-state index contributed by atoms with van der Waals surface area (Å²) >= 11 is 0. The Morgan fingerprint density at radius 1 is 1.06 bits per heavy atom. The van der Waals surface area contributed by atoms with Crippen molar-refractivity contribution in [2.24, 2.45) is 5.84 Å². The number of anilines is 1. The molecule has 3 rings (SSSR count). The number of aromatic nitrogens is 3. The first-order valence-corrected chi connectivity index (χ1v) is 10.8. The Kier molecular flexibility index (Phi) is 7.77. The number of para-hydroxylation sites is 1. The SMILES string of the molecule is CCCCc1nc2c(N)nc3ccccc3c2n1CCCCNC(=O)CCC(=O)NN. The van der Waals surface area contributed by atoms with Crippen LogP contribution < -0.4 is 22.3 Å². The van der Waals surface area contributed by atoms with E-state index in [1.165, 1.54) is 0 Å². The van der Waals surface area contributed by atoms with E-state index in [1.807, 2.05) is 23.6 Å². The van der Waals surface area contributed by atoms with E-state index in [2.05, 4.69) is 27.9 Å². The van der Waals surface area contributed by atoms with Gasteiger partial charge in [-0.1, -0.05) is 31.5 Å². The first-order chi connectivity index (χ1) is 15.0. The van der Waals surface area contributed by atoms with Crippen LogP contribution in [0.1, 0.15) is 51.3 Å². The third-order valence-corrected chi connectivity index (χ3v) is 5.31. The van der Waals surface area contributed by atoms with Crippen molar-refractivity contribution in [1.29, 1.82) is 0 Å². The molecule has 9 heteroatoms. The molecule has 0 fully saturated rings. The molecule has 0 radical (unpaired) electrons. The highest BCUT2D eigenvalue weighted by molar-refractivity contribution is 6.06. The van der Waals surface area contributed by atoms with Gasteiger partial charge in [-0.2, -0.15) is 0 Å². The maximum Gasteiger partial charge on any atom is 0.234 e. The predicted molar refractivity (Wildman–Crippen MR) is 122 cm³/mol. The zero-order valence-corrected chi connectivity index (χ0v) is 18.0. The predicted octanol–water partition coefficient (Wildman–Crippen LogP) is 2.18. The van der Waals surface area contributed by atoms with Gasteiger partial charge in [0.05, 0.1) is 11.0 Å². The largest absolute Gasteiger partial charge is 0.382 e. The number of hydrogen-bond donors (Lipinski definition) is 4. The van der Waals surface area contributed by atoms with Crippen molar-refractivity contribution in [3.05, 3.63) is 30.1 Å². The number of hydrazine groups is 1. The Balaban J connectivity index is 1.70. The van der Waals surface area contributed by atoms with Gasteiger partial charge in [-0.15, -0.1) is 0 Å². The van der Waals surface area contributed by atoms with Crippen LogP contribution in [0.15, 0.2) is 24.3 Å². The number of carbonyl (C=O) groups excluding carboxylic acids is 2. The molecule has 6 N–H and O–H groups in total. The summed E-state index contributed by atoms with van der Waals surface area (Å²) in [5.74, 6) is 6.01. The van der Waals surface area contributed by atoms with Crippen molar-refractivity contribution >= 4 is 39.6 Å². The second kappa shape index (κ2) is 10.7. The van der Waals surface area contributed by atoms with Gasteiger partial charge >= 0.3 is 0 Å². The number of nitrogen functional groups attached to an aromatic ring is 1. The van der Waals surface area contributed by atoms with Gasteiger partial charge in [-0.05, 0) is 25.3 Å². The molecule has 0 spiro atoms. The topological polar surface area (TPSA) is 141 Å². The lowest BCUT2D eigenvalue weighted by Crippen LogP contribution is -2.32. The first kappa shape index (κ1) is 22.5. The van der Waals surface area contributed by atoms with Gasteiger partial charge < -0.3 is 15.6 Å². The number of rotatable bonds is 11. The van der Waals surface area contributed by atoms with Crippen LogP contribution in [-0.2, 0) is 22.6 Å². The van der Waals surface area contributed by atoms with Gasteiger partial charge in [0.1, 0.15) is 11.3 Å². The zero-order valence-electron chi connectivity index (χ0n) is 18.0. The summed E-state index contributed by atoms with van der Waals surface area (Å²) in [6, 6.07) is 7.99. The van der Waals surface area contributed by atoms with Gasteiger partial charge in [0.25, 0.3) is 0 Å². The molecule has 0 bridgehead atoms. The highest BCUT2D eigenvalue weighted by Gasteiger charge is 2.16. The number of nitrogens with two attached hydrogens (primary N) is 2. The van der Waals surface area contributed by atoms with Gasteiger partial charge in [-0.25, -0.2) is 15.8 Å². The molecule has 1 aromatic carbocycles. The molecule has 31 heavy (non-hydrogen) atoms. The maximum atomic E-state index is 11.8. The van der Waals surface area contributed by atoms with Crippen LogP contribution >= 0.6 is 0 Å². The van der Waals surface area contributed by atoms with Crippen LogP contribution in [0.25, 0.3) is 21.9 Å². The van der Waals surface area contributed by atoms with Crippen LogP contribution in [0.2, 0.25) is 0 Å². The van der Waals surface area contributed by atoms with E-state index in [4.69, 9.17) is 16.6 Å². The molecule has 2 heterocycles. The number of amides is 2. The number of benzene rings is 1. The molecule has 9 nitrogen and oxygen atoms in total. The maximum absolute atomic E-state index is 11.8. The van der Waals surface area contributed by atoms with Crippen molar-refractivity contribution in [2.45, 2.75) is 58.4 Å². The highest BCUT2D eigenvalue weighted by atomic mass is 16.2. The molecule has 2 aromatic heterocycles. The van der Waals surface area contributed by atoms with Gasteiger partial charge in [0.15, 0.2) is 5.82 Å². The lowest BCUT2D eigenvalue weighted by Gasteiger charge is -2.11. The van der Waals surface area contributed by atoms with Crippen molar-refractivity contribution in [2.75, 3.05) is 12.3 Å². The third-order valence-electron chi connectivity index (χ3n) is 5.31. The molecule has 3 aromatic rings. The molecular formula is C22H31N7O2. The van der Waals surface area contributed by atoms with Gasteiger partial charge in [0, 0.05) is 37.7 Å². The van der Waals surface area contributed by atoms with Crippen molar-refractivity contribution in [1.82, 2.24) is 25.3 Å². The van der Waals surface area contributed by atoms with E-state index in [0.717, 1.165) is 66.4 Å². The standard InChI is InChI=1S/C22H31N7O2/c1-2-3-10-17-27-20-21(15-8-4-5-9-16(15)26-22(20)23)29(17)14-7-6-13-25-18(30)11-12-19(31)28-24/h4-5,8-9H,2-3,6-7,10-14,24H2,1H3,(H2,23,26)(H,25,30)(H,28,31). The molecule has 166 valence electrons. The Morgan fingerprint density at radius 2 is 1.84 bits per heavy atom. The van der Waals surface area contributed by atoms with Crippen LogP contribution in [0.3, 0.4) is 0 Å². The number of unbranched alkanes of at least 4 members (excludes halogenated alkanes) is 2. The number of nitrogens with zero attached hydrogens (tertiary/aromatic N) is 3. The highest BCUT2D eigenvalue weighted by Crippen LogP contribution is 2.29. The molecule has 0 unspecified atom stereocenters. The normalized spacial score (nSPS) is 11.2. The molecule has 0 aliphatic carbocycles. The average molecular weight is 426 g/mol. The Labute approximate surface area is 181 Å². The number of hydrogen-bond acceptors (Lipinski definition) is 6. The van der Waals surface area contributed by atoms with Crippen molar-refractivity contribution in [3.8, 4) is 0 Å². The van der Waals surface area contributed by atoms with Crippen LogP contribution in [0, 0.1) is 0 Å². The number of imidazole rings is 1. The molecule has 0 aliphatic heterocycles. The summed E-state index contributed by atoms with van der Waals surface area (Å²) in [6.07, 6.45) is 4.96. The number of aryl methyl sites for hydroxylation is 2. The number of pyridine rings is 1. The third kappa shape index (κ3) is 5.49. The minimum absolute atomic E-state index is 0.0900. The van der Waals surface area contributed by atoms with E-state index < -0.39 is 0 Å². The fourth-order valence-electron chi connectivity index (χ4n) is 3.68. The van der Waals surface area contributed by atoms with Crippen LogP contribution in [0.4, 0.5) is 5.82 Å². The Morgan fingerprint density at radius 3 is 2.61 bits per heavy atom. The summed E-state index contributed by atoms with van der Waals surface area (Å²) in [5, 5.41) is 3.90. The minimum Gasteiger partial charge on any atom is -0.382 e. The lowest BCUT2D eigenvalue weighted by atomic mass is 10.2. The number of carbonyl (C=O) groups is 2. The molecule has 0 atom stereocenters. The van der Waals surface area contributed by atoms with E-state index in [9.17, 15) is 9.59 Å². The summed E-state index contributed by atoms with van der Waals surface area (Å²) in [6.45, 7) is 3.51. The average Bonchev–Trinajstić information content (AvgIpc) is 3.15. The second-order valence-corrected chi connectivity index (χ2v) is 7.62. The van der Waals surface area contributed by atoms with E-state index in [1.54, 1.807) is 0 Å². The summed E-state index contributed by atoms with van der Waals surface area (Å²) < 4.78 is 2.26. The smallest absolute Gasteiger partial charge is 0.234 e. The van der Waals surface area contributed by atoms with Crippen molar-refractivity contribution < 1.29 is 9.59 Å². The van der Waals surface area contributed by atoms with Crippen LogP contribution in [-0.4, -0.2) is 32.9 Å². The second-order valence-electron chi connectivity index (χ2n) is 7.62. The summed E-state index contributed by atoms with van der Waals surface area (Å²) in [7, 11) is 0. The Bertz CT molecular complexity index is 1060. The van der Waals surface area contributed by atoms with E-state index >= 15 is 0 Å². The fraction of sp³-hybridized carbons (Fsp3) is 0.455. The van der Waals surface area contributed by atoms with E-state index in [-0.39, 0.29) is 24.7 Å². The number of fused-ring (bicyclic) bond motifs is 3. The summed E-state index contributed by atoms with van der Waals surface area (Å²) in [5.41, 5.74) is 10.9. The van der Waals surface area contributed by atoms with Gasteiger partial charge in [0.2, 0.25) is 11.8 Å². The quantitative estimate of drug-likeness (QED) is 0.161. The zero-order chi connectivity index (χ0) is 22.2. The number of nitrogens with one attached hydrogen (secondary N) is 2. The molecule has 2 amide bonds. The summed E-state index contributed by atoms with van der Waals surface area (Å²) in [4.78, 5) is 32.3. The fourth-order valence-corrected chi connectivity index (χ4v) is 3.68. The first-order valence-electron chi connectivity index (χ1n) is 10.8. The molecule has 0 aliphatic rings. The van der Waals surface area contributed by atoms with Crippen LogP contribution in [0.5, 0.6) is 0 Å². The molecule has 0 saturated heterocycles. The van der Waals surface area contributed by atoms with Crippen molar-refractivity contribution in [3.63, 3.8) is 0 Å². The monoisotopic (exact) mass is 425 g/mol. The van der Waals surface area contributed by atoms with Gasteiger partial charge in [-0.3, -0.25) is 15.0 Å². The molecule has 0 saturated carbocycles. The minimum atomic E-state index is -0.345.